The molecule has 0 amide bonds. The quantitative estimate of drug-likeness (QED) is 0.802. The number of aromatic nitrogens is 2. The van der Waals surface area contributed by atoms with E-state index < -0.39 is 0 Å². The van der Waals surface area contributed by atoms with E-state index in [-0.39, 0.29) is 11.0 Å². The molecule has 3 nitrogen and oxygen atoms in total. The summed E-state index contributed by atoms with van der Waals surface area (Å²) in [5, 5.41) is 0. The van der Waals surface area contributed by atoms with Crippen molar-refractivity contribution in [2.24, 2.45) is 0 Å². The van der Waals surface area contributed by atoms with Crippen LogP contribution in [0, 0.1) is 3.57 Å². The Morgan fingerprint density at radius 2 is 2.00 bits per heavy atom. The molecule has 3 rings (SSSR count). The van der Waals surface area contributed by atoms with Crippen LogP contribution < -0.4 is 5.56 Å². The van der Waals surface area contributed by atoms with Gasteiger partial charge in [0.25, 0.3) is 5.56 Å². The molecule has 0 bridgehead atoms. The molecular weight excluding hydrogens is 375 g/mol. The van der Waals surface area contributed by atoms with Crippen molar-refractivity contribution >= 4 is 22.6 Å². The predicted molar refractivity (Wildman–Crippen MR) is 92.6 cm³/mol. The van der Waals surface area contributed by atoms with Crippen LogP contribution in [0.3, 0.4) is 0 Å². The van der Waals surface area contributed by atoms with Gasteiger partial charge in [-0.2, -0.15) is 0 Å². The molecule has 0 atom stereocenters. The van der Waals surface area contributed by atoms with E-state index in [0.717, 1.165) is 40.8 Å². The van der Waals surface area contributed by atoms with Crippen molar-refractivity contribution in [1.82, 2.24) is 9.97 Å². The smallest absolute Gasteiger partial charge is 0.264 e. The van der Waals surface area contributed by atoms with E-state index in [4.69, 9.17) is 4.98 Å². The van der Waals surface area contributed by atoms with Gasteiger partial charge in [0, 0.05) is 0 Å². The summed E-state index contributed by atoms with van der Waals surface area (Å²) in [4.78, 5) is 20.1. The van der Waals surface area contributed by atoms with E-state index in [1.807, 2.05) is 6.07 Å². The highest BCUT2D eigenvalue weighted by Gasteiger charge is 2.42. The van der Waals surface area contributed by atoms with E-state index in [1.54, 1.807) is 0 Å². The second kappa shape index (κ2) is 5.91. The molecule has 0 spiro atoms. The van der Waals surface area contributed by atoms with Crippen LogP contribution in [0.15, 0.2) is 35.1 Å². The number of hydrogen-bond acceptors (Lipinski definition) is 2. The number of nitrogens with one attached hydrogen (secondary N) is 1. The van der Waals surface area contributed by atoms with Gasteiger partial charge < -0.3 is 4.98 Å². The van der Waals surface area contributed by atoms with Gasteiger partial charge in [0.15, 0.2) is 0 Å². The molecule has 1 aliphatic carbocycles. The number of H-pyrrole nitrogens is 1. The Kier molecular flexibility index (Phi) is 4.15. The summed E-state index contributed by atoms with van der Waals surface area (Å²) in [5.74, 6) is 0.855. The molecule has 4 heteroatoms. The van der Waals surface area contributed by atoms with Crippen molar-refractivity contribution in [2.45, 2.75) is 44.4 Å². The largest absolute Gasteiger partial charge is 0.309 e. The molecule has 0 unspecified atom stereocenters. The molecule has 2 aromatic rings. The summed E-state index contributed by atoms with van der Waals surface area (Å²) in [6, 6.07) is 10.5. The molecule has 1 aromatic carbocycles. The molecule has 1 aliphatic rings. The molecule has 110 valence electrons. The highest BCUT2D eigenvalue weighted by atomic mass is 127. The molecule has 1 heterocycles. The maximum absolute atomic E-state index is 12.3. The minimum atomic E-state index is -0.0900. The lowest BCUT2D eigenvalue weighted by molar-refractivity contribution is 0.283. The first-order chi connectivity index (χ1) is 10.2. The Bertz CT molecular complexity index is 690. The first kappa shape index (κ1) is 14.8. The Labute approximate surface area is 138 Å². The third kappa shape index (κ3) is 2.54. The molecule has 1 saturated carbocycles. The Morgan fingerprint density at radius 1 is 1.29 bits per heavy atom. The Morgan fingerprint density at radius 3 is 2.57 bits per heavy atom. The highest BCUT2D eigenvalue weighted by Crippen LogP contribution is 2.47. The SMILES string of the molecule is CCCc1nc(C2(c3ccccc3)CCC2)[nH]c(=O)c1I. The summed E-state index contributed by atoms with van der Waals surface area (Å²) in [7, 11) is 0. The summed E-state index contributed by atoms with van der Waals surface area (Å²) in [6.45, 7) is 2.12. The van der Waals surface area contributed by atoms with Gasteiger partial charge in [0.05, 0.1) is 14.7 Å². The number of benzene rings is 1. The minimum absolute atomic E-state index is 0.00579. The molecule has 0 saturated heterocycles. The van der Waals surface area contributed by atoms with Crippen LogP contribution in [0.25, 0.3) is 0 Å². The van der Waals surface area contributed by atoms with Gasteiger partial charge >= 0.3 is 0 Å². The number of aryl methyl sites for hydroxylation is 1. The van der Waals surface area contributed by atoms with Crippen LogP contribution in [0.4, 0.5) is 0 Å². The third-order valence-electron chi connectivity index (χ3n) is 4.40. The van der Waals surface area contributed by atoms with Crippen LogP contribution >= 0.6 is 22.6 Å². The highest BCUT2D eigenvalue weighted by molar-refractivity contribution is 14.1. The lowest BCUT2D eigenvalue weighted by Gasteiger charge is -2.41. The molecule has 1 fully saturated rings. The van der Waals surface area contributed by atoms with E-state index in [9.17, 15) is 4.79 Å². The van der Waals surface area contributed by atoms with E-state index in [1.165, 1.54) is 12.0 Å². The maximum Gasteiger partial charge on any atom is 0.264 e. The lowest BCUT2D eigenvalue weighted by Crippen LogP contribution is -2.39. The Hall–Kier alpha value is -1.17. The molecule has 0 aliphatic heterocycles. The monoisotopic (exact) mass is 394 g/mol. The van der Waals surface area contributed by atoms with E-state index in [0.29, 0.717) is 0 Å². The van der Waals surface area contributed by atoms with Crippen molar-refractivity contribution in [3.63, 3.8) is 0 Å². The van der Waals surface area contributed by atoms with Crippen molar-refractivity contribution in [3.8, 4) is 0 Å². The molecule has 1 aromatic heterocycles. The first-order valence-corrected chi connectivity index (χ1v) is 8.60. The van der Waals surface area contributed by atoms with Crippen LogP contribution in [0.2, 0.25) is 0 Å². The van der Waals surface area contributed by atoms with Crippen molar-refractivity contribution in [2.75, 3.05) is 0 Å². The van der Waals surface area contributed by atoms with Gasteiger partial charge in [-0.15, -0.1) is 0 Å². The van der Waals surface area contributed by atoms with Gasteiger partial charge in [-0.1, -0.05) is 50.1 Å². The number of halogens is 1. The number of hydrogen-bond donors (Lipinski definition) is 1. The summed E-state index contributed by atoms with van der Waals surface area (Å²) in [6.07, 6.45) is 5.18. The fourth-order valence-electron chi connectivity index (χ4n) is 3.08. The average molecular weight is 394 g/mol. The fraction of sp³-hybridized carbons (Fsp3) is 0.412. The van der Waals surface area contributed by atoms with Crippen LogP contribution in [-0.4, -0.2) is 9.97 Å². The molecule has 1 N–H and O–H groups in total. The van der Waals surface area contributed by atoms with Gasteiger partial charge in [-0.3, -0.25) is 4.79 Å². The van der Waals surface area contributed by atoms with Gasteiger partial charge in [-0.05, 0) is 47.4 Å². The summed E-state index contributed by atoms with van der Waals surface area (Å²) < 4.78 is 0.737. The van der Waals surface area contributed by atoms with Crippen LogP contribution in [0.1, 0.15) is 49.7 Å². The second-order valence-corrected chi connectivity index (χ2v) is 6.81. The molecule has 21 heavy (non-hydrogen) atoms. The zero-order chi connectivity index (χ0) is 14.9. The fourth-order valence-corrected chi connectivity index (χ4v) is 3.61. The average Bonchev–Trinajstić information content (AvgIpc) is 2.44. The van der Waals surface area contributed by atoms with Crippen molar-refractivity contribution < 1.29 is 0 Å². The van der Waals surface area contributed by atoms with Gasteiger partial charge in [0.1, 0.15) is 5.82 Å². The lowest BCUT2D eigenvalue weighted by atomic mass is 9.64. The van der Waals surface area contributed by atoms with Gasteiger partial charge in [0.2, 0.25) is 0 Å². The van der Waals surface area contributed by atoms with Crippen LogP contribution in [0.5, 0.6) is 0 Å². The Balaban J connectivity index is 2.12. The van der Waals surface area contributed by atoms with E-state index in [2.05, 4.69) is 58.8 Å². The third-order valence-corrected chi connectivity index (χ3v) is 5.52. The normalized spacial score (nSPS) is 16.5. The summed E-state index contributed by atoms with van der Waals surface area (Å²) in [5.41, 5.74) is 2.13. The second-order valence-electron chi connectivity index (χ2n) is 5.73. The predicted octanol–water partition coefficient (Wildman–Crippen LogP) is 3.80. The first-order valence-electron chi connectivity index (χ1n) is 7.52. The molecule has 0 radical (unpaired) electrons. The summed E-state index contributed by atoms with van der Waals surface area (Å²) >= 11 is 2.11. The topological polar surface area (TPSA) is 45.8 Å². The maximum atomic E-state index is 12.3. The van der Waals surface area contributed by atoms with Crippen molar-refractivity contribution in [1.29, 1.82) is 0 Å². The molecular formula is C17H19IN2O. The van der Waals surface area contributed by atoms with Crippen LogP contribution in [-0.2, 0) is 11.8 Å². The number of nitrogens with zero attached hydrogens (tertiary/aromatic N) is 1. The van der Waals surface area contributed by atoms with Gasteiger partial charge in [-0.25, -0.2) is 4.98 Å². The van der Waals surface area contributed by atoms with Crippen molar-refractivity contribution in [3.05, 3.63) is 61.3 Å². The zero-order valence-corrected chi connectivity index (χ0v) is 14.3. The zero-order valence-electron chi connectivity index (χ0n) is 12.2. The van der Waals surface area contributed by atoms with E-state index >= 15 is 0 Å². The number of aromatic amines is 1. The number of rotatable bonds is 4. The standard InChI is InChI=1S/C17H19IN2O/c1-2-7-13-14(18)15(21)20-16(19-13)17(10-6-11-17)12-8-4-3-5-9-12/h3-5,8-9H,2,6-7,10-11H2,1H3,(H,19,20,21). The minimum Gasteiger partial charge on any atom is -0.309 e.